The zero-order chi connectivity index (χ0) is 8.85. The van der Waals surface area contributed by atoms with Crippen LogP contribution in [0, 0.1) is 5.92 Å². The monoisotopic (exact) mass is 156 g/mol. The van der Waals surface area contributed by atoms with Crippen LogP contribution in [0.15, 0.2) is 12.3 Å². The van der Waals surface area contributed by atoms with Gasteiger partial charge in [0.2, 0.25) is 0 Å². The fourth-order valence-electron chi connectivity index (χ4n) is 0.590. The third-order valence-electron chi connectivity index (χ3n) is 1.83. The molecule has 0 aliphatic carbocycles. The first-order chi connectivity index (χ1) is 5.07. The molecule has 0 aromatic heterocycles. The molecular weight excluding hydrogens is 136 g/mol. The Balaban J connectivity index is 3.46. The lowest BCUT2D eigenvalue weighted by molar-refractivity contribution is 0.548. The van der Waals surface area contributed by atoms with Crippen LogP contribution in [-0.4, -0.2) is 19.6 Å². The van der Waals surface area contributed by atoms with Gasteiger partial charge in [-0.15, -0.1) is 0 Å². The van der Waals surface area contributed by atoms with Gasteiger partial charge in [-0.3, -0.25) is 0 Å². The summed E-state index contributed by atoms with van der Waals surface area (Å²) in [5, 5.41) is 6.43. The molecule has 0 saturated carbocycles. The lowest BCUT2D eigenvalue weighted by Crippen LogP contribution is -2.34. The van der Waals surface area contributed by atoms with Gasteiger partial charge in [0.25, 0.3) is 0 Å². The molecule has 0 aromatic carbocycles. The lowest BCUT2D eigenvalue weighted by atomic mass is 10.1. The standard InChI is InChI=1S/C9H20N2/c1-7(2)9(4)11-6-8(3)10-5/h7-8,10-11H,4,6H2,1-3,5H3. The second-order valence-electron chi connectivity index (χ2n) is 3.25. The zero-order valence-corrected chi connectivity index (χ0v) is 8.07. The van der Waals surface area contributed by atoms with Gasteiger partial charge in [0.15, 0.2) is 0 Å². The molecule has 1 unspecified atom stereocenters. The van der Waals surface area contributed by atoms with Crippen molar-refractivity contribution in [3.05, 3.63) is 12.3 Å². The molecule has 11 heavy (non-hydrogen) atoms. The Morgan fingerprint density at radius 2 is 1.91 bits per heavy atom. The van der Waals surface area contributed by atoms with Gasteiger partial charge in [-0.05, 0) is 19.9 Å². The second-order valence-corrected chi connectivity index (χ2v) is 3.25. The van der Waals surface area contributed by atoms with Crippen molar-refractivity contribution in [3.63, 3.8) is 0 Å². The van der Waals surface area contributed by atoms with E-state index in [1.807, 2.05) is 7.05 Å². The smallest absolute Gasteiger partial charge is 0.0295 e. The third-order valence-corrected chi connectivity index (χ3v) is 1.83. The van der Waals surface area contributed by atoms with Gasteiger partial charge in [0.1, 0.15) is 0 Å². The van der Waals surface area contributed by atoms with E-state index in [2.05, 4.69) is 38.0 Å². The second kappa shape index (κ2) is 5.19. The maximum Gasteiger partial charge on any atom is 0.0295 e. The van der Waals surface area contributed by atoms with Crippen LogP contribution in [0.25, 0.3) is 0 Å². The minimum atomic E-state index is 0.505. The normalized spacial score (nSPS) is 13.2. The Morgan fingerprint density at radius 1 is 1.36 bits per heavy atom. The molecule has 0 aliphatic heterocycles. The average Bonchev–Trinajstić information content (AvgIpc) is 1.99. The minimum Gasteiger partial charge on any atom is -0.387 e. The summed E-state index contributed by atoms with van der Waals surface area (Å²) in [6.45, 7) is 11.3. The van der Waals surface area contributed by atoms with Crippen molar-refractivity contribution in [3.8, 4) is 0 Å². The summed E-state index contributed by atoms with van der Waals surface area (Å²) in [6.07, 6.45) is 0. The van der Waals surface area contributed by atoms with Crippen LogP contribution in [0.1, 0.15) is 20.8 Å². The van der Waals surface area contributed by atoms with Crippen LogP contribution >= 0.6 is 0 Å². The van der Waals surface area contributed by atoms with E-state index in [0.717, 1.165) is 12.2 Å². The molecule has 0 fully saturated rings. The molecule has 2 N–H and O–H groups in total. The summed E-state index contributed by atoms with van der Waals surface area (Å²) < 4.78 is 0. The highest BCUT2D eigenvalue weighted by molar-refractivity contribution is 4.94. The van der Waals surface area contributed by atoms with Gasteiger partial charge in [0, 0.05) is 18.3 Å². The van der Waals surface area contributed by atoms with Crippen LogP contribution < -0.4 is 10.6 Å². The fourth-order valence-corrected chi connectivity index (χ4v) is 0.590. The first-order valence-electron chi connectivity index (χ1n) is 4.17. The molecule has 0 heterocycles. The van der Waals surface area contributed by atoms with Crippen molar-refractivity contribution in [2.24, 2.45) is 5.92 Å². The molecule has 0 aliphatic rings. The summed E-state index contributed by atoms with van der Waals surface area (Å²) in [5.41, 5.74) is 1.12. The molecule has 0 radical (unpaired) electrons. The summed E-state index contributed by atoms with van der Waals surface area (Å²) in [7, 11) is 1.96. The summed E-state index contributed by atoms with van der Waals surface area (Å²) in [5.74, 6) is 0.527. The highest BCUT2D eigenvalue weighted by Crippen LogP contribution is 2.01. The predicted molar refractivity (Wildman–Crippen MR) is 50.5 cm³/mol. The zero-order valence-electron chi connectivity index (χ0n) is 8.07. The van der Waals surface area contributed by atoms with Crippen molar-refractivity contribution < 1.29 is 0 Å². The average molecular weight is 156 g/mol. The molecule has 0 spiro atoms. The Bertz CT molecular complexity index is 119. The number of hydrogen-bond acceptors (Lipinski definition) is 2. The van der Waals surface area contributed by atoms with Gasteiger partial charge in [-0.25, -0.2) is 0 Å². The molecule has 0 saturated heterocycles. The molecule has 2 nitrogen and oxygen atoms in total. The molecule has 66 valence electrons. The molecule has 0 aromatic rings. The van der Waals surface area contributed by atoms with E-state index in [0.29, 0.717) is 12.0 Å². The van der Waals surface area contributed by atoms with Crippen LogP contribution in [0.3, 0.4) is 0 Å². The molecule has 0 amide bonds. The van der Waals surface area contributed by atoms with Gasteiger partial charge in [-0.2, -0.15) is 0 Å². The maximum absolute atomic E-state index is 3.92. The third kappa shape index (κ3) is 4.85. The SMILES string of the molecule is C=C(NCC(C)NC)C(C)C. The van der Waals surface area contributed by atoms with Crippen LogP contribution in [0.4, 0.5) is 0 Å². The van der Waals surface area contributed by atoms with Gasteiger partial charge in [-0.1, -0.05) is 20.4 Å². The number of rotatable bonds is 5. The minimum absolute atomic E-state index is 0.505. The predicted octanol–water partition coefficient (Wildman–Crippen LogP) is 1.35. The summed E-state index contributed by atoms with van der Waals surface area (Å²) in [4.78, 5) is 0. The maximum atomic E-state index is 3.92. The summed E-state index contributed by atoms with van der Waals surface area (Å²) >= 11 is 0. The Kier molecular flexibility index (Phi) is 4.95. The number of hydrogen-bond donors (Lipinski definition) is 2. The first-order valence-corrected chi connectivity index (χ1v) is 4.17. The highest BCUT2D eigenvalue weighted by Gasteiger charge is 2.00. The fraction of sp³-hybridized carbons (Fsp3) is 0.778. The van der Waals surface area contributed by atoms with E-state index in [1.165, 1.54) is 0 Å². The van der Waals surface area contributed by atoms with E-state index >= 15 is 0 Å². The summed E-state index contributed by atoms with van der Waals surface area (Å²) in [6, 6.07) is 0.505. The van der Waals surface area contributed by atoms with Crippen LogP contribution in [0.2, 0.25) is 0 Å². The molecular formula is C9H20N2. The highest BCUT2D eigenvalue weighted by atomic mass is 15.0. The van der Waals surface area contributed by atoms with Gasteiger partial charge in [0.05, 0.1) is 0 Å². The van der Waals surface area contributed by atoms with E-state index in [1.54, 1.807) is 0 Å². The van der Waals surface area contributed by atoms with Gasteiger partial charge < -0.3 is 10.6 Å². The Labute approximate surface area is 70.1 Å². The van der Waals surface area contributed by atoms with E-state index in [4.69, 9.17) is 0 Å². The van der Waals surface area contributed by atoms with Crippen molar-refractivity contribution in [2.75, 3.05) is 13.6 Å². The number of nitrogens with one attached hydrogen (secondary N) is 2. The van der Waals surface area contributed by atoms with E-state index < -0.39 is 0 Å². The first kappa shape index (κ1) is 10.5. The Morgan fingerprint density at radius 3 is 2.27 bits per heavy atom. The van der Waals surface area contributed by atoms with Crippen molar-refractivity contribution in [1.82, 2.24) is 10.6 Å². The Hall–Kier alpha value is -0.500. The largest absolute Gasteiger partial charge is 0.387 e. The van der Waals surface area contributed by atoms with Crippen molar-refractivity contribution >= 4 is 0 Å². The number of likely N-dealkylation sites (N-methyl/N-ethyl adjacent to an activating group) is 1. The molecule has 2 heteroatoms. The van der Waals surface area contributed by atoms with Crippen molar-refractivity contribution in [2.45, 2.75) is 26.8 Å². The van der Waals surface area contributed by atoms with Crippen LogP contribution in [0.5, 0.6) is 0 Å². The van der Waals surface area contributed by atoms with Crippen LogP contribution in [-0.2, 0) is 0 Å². The molecule has 1 atom stereocenters. The van der Waals surface area contributed by atoms with Gasteiger partial charge >= 0.3 is 0 Å². The quantitative estimate of drug-likeness (QED) is 0.628. The topological polar surface area (TPSA) is 24.1 Å². The molecule has 0 rings (SSSR count). The lowest BCUT2D eigenvalue weighted by Gasteiger charge is -2.16. The van der Waals surface area contributed by atoms with Crippen molar-refractivity contribution in [1.29, 1.82) is 0 Å². The van der Waals surface area contributed by atoms with E-state index in [-0.39, 0.29) is 0 Å². The molecule has 0 bridgehead atoms. The van der Waals surface area contributed by atoms with E-state index in [9.17, 15) is 0 Å². The number of allylic oxidation sites excluding steroid dienone is 1.